The molecule has 1 aliphatic rings. The number of sulfonamides is 1. The largest absolute Gasteiger partial charge is 0.481 e. The molecule has 1 saturated heterocycles. The number of aliphatic carboxylic acids is 1. The number of carboxylic acids is 1. The van der Waals surface area contributed by atoms with Crippen LogP contribution in [0.5, 0.6) is 0 Å². The van der Waals surface area contributed by atoms with Crippen molar-refractivity contribution in [2.24, 2.45) is 13.0 Å². The fourth-order valence-corrected chi connectivity index (χ4v) is 2.96. The van der Waals surface area contributed by atoms with Crippen molar-refractivity contribution in [3.05, 3.63) is 12.4 Å². The van der Waals surface area contributed by atoms with Gasteiger partial charge in [-0.1, -0.05) is 0 Å². The number of hydrogen-bond acceptors (Lipinski definition) is 5. The predicted octanol–water partition coefficient (Wildman–Crippen LogP) is -1.20. The Balaban J connectivity index is 2.16. The van der Waals surface area contributed by atoms with Crippen molar-refractivity contribution in [3.63, 3.8) is 0 Å². The molecule has 1 aromatic rings. The molecule has 0 aliphatic carbocycles. The molecule has 2 unspecified atom stereocenters. The summed E-state index contributed by atoms with van der Waals surface area (Å²) in [6.45, 7) is 0.0615. The predicted molar refractivity (Wildman–Crippen MR) is 59.3 cm³/mol. The van der Waals surface area contributed by atoms with Crippen LogP contribution in [0.2, 0.25) is 0 Å². The van der Waals surface area contributed by atoms with Crippen LogP contribution >= 0.6 is 0 Å². The maximum atomic E-state index is 12.0. The van der Waals surface area contributed by atoms with Gasteiger partial charge in [0.15, 0.2) is 0 Å². The van der Waals surface area contributed by atoms with Crippen LogP contribution < -0.4 is 4.72 Å². The lowest BCUT2D eigenvalue weighted by molar-refractivity contribution is -0.142. The van der Waals surface area contributed by atoms with Gasteiger partial charge >= 0.3 is 5.97 Å². The molecule has 2 atom stereocenters. The Labute approximate surface area is 104 Å². The molecular weight excluding hydrogens is 262 g/mol. The SMILES string of the molecule is Cn1cc(S(=O)(=O)NC2COCC2C(=O)O)cn1. The molecular formula is C9H13N3O5S. The van der Waals surface area contributed by atoms with E-state index in [1.807, 2.05) is 0 Å². The second-order valence-electron chi connectivity index (χ2n) is 4.06. The normalized spacial score (nSPS) is 24.3. The van der Waals surface area contributed by atoms with E-state index < -0.39 is 28.0 Å². The van der Waals surface area contributed by atoms with E-state index in [0.29, 0.717) is 0 Å². The van der Waals surface area contributed by atoms with Gasteiger partial charge in [-0.3, -0.25) is 9.48 Å². The van der Waals surface area contributed by atoms with Crippen molar-refractivity contribution in [2.45, 2.75) is 10.9 Å². The minimum Gasteiger partial charge on any atom is -0.481 e. The third-order valence-corrected chi connectivity index (χ3v) is 4.14. The number of rotatable bonds is 4. The van der Waals surface area contributed by atoms with E-state index in [0.717, 1.165) is 0 Å². The molecule has 0 amide bonds. The first-order valence-electron chi connectivity index (χ1n) is 5.21. The molecule has 2 rings (SSSR count). The average Bonchev–Trinajstić information content (AvgIpc) is 2.86. The minimum absolute atomic E-state index is 0.000962. The van der Waals surface area contributed by atoms with Crippen LogP contribution in [0.1, 0.15) is 0 Å². The van der Waals surface area contributed by atoms with E-state index in [-0.39, 0.29) is 18.1 Å². The van der Waals surface area contributed by atoms with Crippen molar-refractivity contribution < 1.29 is 23.1 Å². The number of carboxylic acid groups (broad SMARTS) is 1. The Morgan fingerprint density at radius 3 is 2.89 bits per heavy atom. The van der Waals surface area contributed by atoms with Gasteiger partial charge < -0.3 is 9.84 Å². The summed E-state index contributed by atoms with van der Waals surface area (Å²) in [4.78, 5) is 10.9. The van der Waals surface area contributed by atoms with Crippen LogP contribution in [0.3, 0.4) is 0 Å². The van der Waals surface area contributed by atoms with Crippen molar-refractivity contribution in [1.29, 1.82) is 0 Å². The molecule has 0 radical (unpaired) electrons. The smallest absolute Gasteiger partial charge is 0.310 e. The van der Waals surface area contributed by atoms with Crippen LogP contribution in [0.15, 0.2) is 17.3 Å². The first kappa shape index (κ1) is 13.0. The molecule has 1 aromatic heterocycles. The third kappa shape index (κ3) is 2.52. The zero-order valence-corrected chi connectivity index (χ0v) is 10.4. The van der Waals surface area contributed by atoms with E-state index in [2.05, 4.69) is 9.82 Å². The molecule has 18 heavy (non-hydrogen) atoms. The van der Waals surface area contributed by atoms with Crippen molar-refractivity contribution in [3.8, 4) is 0 Å². The second-order valence-corrected chi connectivity index (χ2v) is 5.77. The number of nitrogens with zero attached hydrogens (tertiary/aromatic N) is 2. The van der Waals surface area contributed by atoms with Gasteiger partial charge in [0.05, 0.1) is 31.4 Å². The standard InChI is InChI=1S/C9H13N3O5S/c1-12-3-6(2-10-12)18(15,16)11-8-5-17-4-7(8)9(13)14/h2-3,7-8,11H,4-5H2,1H3,(H,13,14). The first-order valence-corrected chi connectivity index (χ1v) is 6.70. The lowest BCUT2D eigenvalue weighted by Crippen LogP contribution is -2.42. The maximum Gasteiger partial charge on any atom is 0.310 e. The molecule has 0 spiro atoms. The molecule has 9 heteroatoms. The third-order valence-electron chi connectivity index (χ3n) is 2.70. The van der Waals surface area contributed by atoms with Crippen LogP contribution in [0.25, 0.3) is 0 Å². The van der Waals surface area contributed by atoms with Crippen LogP contribution in [-0.4, -0.2) is 48.5 Å². The quantitative estimate of drug-likeness (QED) is 0.714. The van der Waals surface area contributed by atoms with E-state index in [4.69, 9.17) is 9.84 Å². The van der Waals surface area contributed by atoms with Gasteiger partial charge in [-0.05, 0) is 0 Å². The summed E-state index contributed by atoms with van der Waals surface area (Å²) in [6, 6.07) is -0.757. The molecule has 100 valence electrons. The van der Waals surface area contributed by atoms with Crippen LogP contribution in [-0.2, 0) is 26.6 Å². The van der Waals surface area contributed by atoms with E-state index >= 15 is 0 Å². The highest BCUT2D eigenvalue weighted by atomic mass is 32.2. The van der Waals surface area contributed by atoms with E-state index in [9.17, 15) is 13.2 Å². The number of ether oxygens (including phenoxy) is 1. The van der Waals surface area contributed by atoms with Crippen LogP contribution in [0.4, 0.5) is 0 Å². The summed E-state index contributed by atoms with van der Waals surface area (Å²) in [5, 5.41) is 12.7. The highest BCUT2D eigenvalue weighted by molar-refractivity contribution is 7.89. The summed E-state index contributed by atoms with van der Waals surface area (Å²) < 4.78 is 32.6. The molecule has 1 aliphatic heterocycles. The Morgan fingerprint density at radius 2 is 2.33 bits per heavy atom. The zero-order chi connectivity index (χ0) is 13.3. The van der Waals surface area contributed by atoms with Gasteiger partial charge in [-0.15, -0.1) is 0 Å². The first-order chi connectivity index (χ1) is 8.40. The Bertz CT molecular complexity index is 552. The molecule has 0 saturated carbocycles. The highest BCUT2D eigenvalue weighted by Crippen LogP contribution is 2.17. The second kappa shape index (κ2) is 4.67. The number of carbonyl (C=O) groups is 1. The molecule has 2 N–H and O–H groups in total. The Kier molecular flexibility index (Phi) is 3.37. The van der Waals surface area contributed by atoms with Gasteiger partial charge in [0.25, 0.3) is 0 Å². The van der Waals surface area contributed by atoms with Crippen molar-refractivity contribution >= 4 is 16.0 Å². The summed E-state index contributed by atoms with van der Waals surface area (Å²) in [5.41, 5.74) is 0. The topological polar surface area (TPSA) is 111 Å². The van der Waals surface area contributed by atoms with Gasteiger partial charge in [0.1, 0.15) is 4.90 Å². The lowest BCUT2D eigenvalue weighted by atomic mass is 10.1. The Hall–Kier alpha value is -1.45. The number of aryl methyl sites for hydroxylation is 1. The summed E-state index contributed by atoms with van der Waals surface area (Å²) >= 11 is 0. The minimum atomic E-state index is -3.77. The van der Waals surface area contributed by atoms with Gasteiger partial charge in [0, 0.05) is 13.2 Å². The summed E-state index contributed by atoms with van der Waals surface area (Å²) in [5.74, 6) is -1.94. The highest BCUT2D eigenvalue weighted by Gasteiger charge is 2.37. The molecule has 0 aromatic carbocycles. The average molecular weight is 275 g/mol. The molecule has 8 nitrogen and oxygen atoms in total. The van der Waals surface area contributed by atoms with E-state index in [1.54, 1.807) is 7.05 Å². The Morgan fingerprint density at radius 1 is 1.61 bits per heavy atom. The lowest BCUT2D eigenvalue weighted by Gasteiger charge is -2.14. The zero-order valence-electron chi connectivity index (χ0n) is 9.61. The van der Waals surface area contributed by atoms with E-state index in [1.165, 1.54) is 17.1 Å². The molecule has 1 fully saturated rings. The fraction of sp³-hybridized carbons (Fsp3) is 0.556. The fourth-order valence-electron chi connectivity index (χ4n) is 1.72. The van der Waals surface area contributed by atoms with Crippen molar-refractivity contribution in [2.75, 3.05) is 13.2 Å². The maximum absolute atomic E-state index is 12.0. The van der Waals surface area contributed by atoms with Crippen molar-refractivity contribution in [1.82, 2.24) is 14.5 Å². The number of aromatic nitrogens is 2. The molecule has 2 heterocycles. The monoisotopic (exact) mass is 275 g/mol. The summed E-state index contributed by atoms with van der Waals surface area (Å²) in [7, 11) is -2.17. The van der Waals surface area contributed by atoms with Gasteiger partial charge in [-0.25, -0.2) is 13.1 Å². The molecule has 0 bridgehead atoms. The summed E-state index contributed by atoms with van der Waals surface area (Å²) in [6.07, 6.45) is 2.54. The van der Waals surface area contributed by atoms with Gasteiger partial charge in [-0.2, -0.15) is 5.10 Å². The van der Waals surface area contributed by atoms with Crippen LogP contribution in [0, 0.1) is 5.92 Å². The van der Waals surface area contributed by atoms with Gasteiger partial charge in [0.2, 0.25) is 10.0 Å². The number of hydrogen-bond donors (Lipinski definition) is 2. The number of nitrogens with one attached hydrogen (secondary N) is 1.